The minimum absolute atomic E-state index is 0.0233. The minimum Gasteiger partial charge on any atom is -0.495 e. The lowest BCUT2D eigenvalue weighted by Gasteiger charge is -2.37. The number of carboxylic acid groups (broad SMARTS) is 1. The Kier molecular flexibility index (Phi) is 43.3. The highest BCUT2D eigenvalue weighted by molar-refractivity contribution is 6.61. The molecule has 6 aromatic rings. The van der Waals surface area contributed by atoms with Crippen molar-refractivity contribution < 1.29 is 109 Å². The van der Waals surface area contributed by atoms with Gasteiger partial charge < -0.3 is 89.3 Å². The Bertz CT molecular complexity index is 4670. The normalized spacial score (nSPS) is 19.5. The van der Waals surface area contributed by atoms with E-state index in [1.807, 2.05) is 41.5 Å². The van der Waals surface area contributed by atoms with Crippen LogP contribution in [0.5, 0.6) is 11.5 Å². The number of alkyl halides is 5. The Labute approximate surface area is 768 Å². The fourth-order valence-electron chi connectivity index (χ4n) is 14.2. The van der Waals surface area contributed by atoms with Crippen molar-refractivity contribution in [2.45, 2.75) is 173 Å². The van der Waals surface area contributed by atoms with Gasteiger partial charge in [-0.25, -0.2) is 37.5 Å². The van der Waals surface area contributed by atoms with Crippen molar-refractivity contribution >= 4 is 198 Å². The lowest BCUT2D eigenvalue weighted by atomic mass is 9.62. The van der Waals surface area contributed by atoms with Crippen molar-refractivity contribution in [3.05, 3.63) is 174 Å². The van der Waals surface area contributed by atoms with E-state index in [9.17, 15) is 53.1 Å². The maximum absolute atomic E-state index is 16.1. The monoisotopic (exact) mass is 1930 g/mol. The number of carbonyl (C=O) groups is 10. The van der Waals surface area contributed by atoms with Gasteiger partial charge >= 0.3 is 35.8 Å². The Morgan fingerprint density at radius 1 is 0.516 bits per heavy atom. The van der Waals surface area contributed by atoms with Gasteiger partial charge in [0.1, 0.15) is 34.0 Å². The molecule has 4 amide bonds. The number of ether oxygens (including phenoxy) is 10. The zero-order valence-corrected chi connectivity index (χ0v) is 78.6. The van der Waals surface area contributed by atoms with E-state index in [4.69, 9.17) is 135 Å². The Morgan fingerprint density at radius 2 is 0.871 bits per heavy atom. The molecule has 2 spiro atoms. The van der Waals surface area contributed by atoms with Crippen molar-refractivity contribution in [2.75, 3.05) is 81.8 Å². The summed E-state index contributed by atoms with van der Waals surface area (Å²) in [5.41, 5.74) is -3.46. The molecule has 0 saturated carbocycles. The van der Waals surface area contributed by atoms with Crippen molar-refractivity contribution in [1.29, 1.82) is 0 Å². The number of halogens is 12. The van der Waals surface area contributed by atoms with E-state index >= 15 is 8.78 Å². The molecule has 28 nitrogen and oxygen atoms in total. The molecule has 0 aliphatic carbocycles. The van der Waals surface area contributed by atoms with Crippen LogP contribution in [-0.4, -0.2) is 177 Å². The third kappa shape index (κ3) is 29.4. The zero-order chi connectivity index (χ0) is 93.8. The number of carboxylic acids is 1. The van der Waals surface area contributed by atoms with E-state index in [2.05, 4.69) is 86.0 Å². The Balaban J connectivity index is 0.000000383. The second kappa shape index (κ2) is 49.7. The molecule has 0 bridgehead atoms. The number of hydrogen-bond acceptors (Lipinski definition) is 23. The largest absolute Gasteiger partial charge is 0.511 e. The standard InChI is InChI=1S/C35H36Cl2FN3O8.C31H30Cl2FN3O5.C6H15N.2C4H7ClO3.C3H4Cl2O2.CH2Cl2/c1-17(49-33(45)47-6)48-31(43)18-10-13-23(25(14-18)46-5)39-30(42)29-27(20-8-7-9-22(37)28(20)38)35(26(41-29)16-34(2,3)4)21-12-11-19(36)15-24(21)40-32(35)44;1-30(2,3)14-23-31(18-10-9-16(32)13-21(18)36-29(31)41)24(17-6-5-7-19(33)25(17)34)26(37-23)27(38)35-20-11-8-15(28(39)40)12-22(20)42-4;1-4-7(5-2)6-3;2*1-3(5)8-4(6)7-2;1-2(4)7-3(5)6;2-1-3/h7-15,17,26-27,29,41H,16H2,1-6H3,(H,39,42)(H,40,44);5-13,23-24,26,37H,14H2,1-4H3,(H,35,38)(H,36,41)(H,39,40);4-6H2,1-3H3;2*3H,1-2H3;2H,1H3;1H2/t17?,26-,27-,29+,35+;23-,24-,26+,31+;;;;;/m00...../s1. The number of hydrogen-bond donors (Lipinski definition) is 7. The van der Waals surface area contributed by atoms with Gasteiger partial charge in [-0.3, -0.25) is 19.2 Å². The van der Waals surface area contributed by atoms with Crippen LogP contribution in [0.3, 0.4) is 0 Å². The zero-order valence-electron chi connectivity index (χ0n) is 71.0. The highest BCUT2D eigenvalue weighted by atomic mass is 35.5. The third-order valence-electron chi connectivity index (χ3n) is 19.0. The lowest BCUT2D eigenvalue weighted by Crippen LogP contribution is -2.49. The van der Waals surface area contributed by atoms with E-state index in [0.717, 1.165) is 7.11 Å². The first-order valence-electron chi connectivity index (χ1n) is 38.0. The summed E-state index contributed by atoms with van der Waals surface area (Å²) in [7, 11) is 6.27. The molecule has 682 valence electrons. The number of aromatic carboxylic acids is 1. The lowest BCUT2D eigenvalue weighted by molar-refractivity contribution is -0.123. The number of methoxy groups -OCH3 is 5. The van der Waals surface area contributed by atoms with Crippen LogP contribution < -0.4 is 41.4 Å². The van der Waals surface area contributed by atoms with Crippen molar-refractivity contribution in [1.82, 2.24) is 15.5 Å². The van der Waals surface area contributed by atoms with Crippen molar-refractivity contribution in [3.8, 4) is 11.5 Å². The van der Waals surface area contributed by atoms with Crippen LogP contribution in [0.1, 0.15) is 158 Å². The molecule has 4 aliphatic heterocycles. The predicted octanol–water partition coefficient (Wildman–Crippen LogP) is 20.5. The summed E-state index contributed by atoms with van der Waals surface area (Å²) in [5, 5.41) is 28.4. The van der Waals surface area contributed by atoms with Crippen LogP contribution in [0.15, 0.2) is 109 Å². The van der Waals surface area contributed by atoms with Crippen LogP contribution in [0, 0.1) is 22.5 Å². The van der Waals surface area contributed by atoms with Gasteiger partial charge in [0.05, 0.1) is 85.5 Å². The van der Waals surface area contributed by atoms with Crippen molar-refractivity contribution in [3.63, 3.8) is 0 Å². The summed E-state index contributed by atoms with van der Waals surface area (Å²) >= 11 is 55.0. The number of nitrogens with zero attached hydrogens (tertiary/aromatic N) is 1. The maximum Gasteiger partial charge on any atom is 0.511 e. The molecule has 4 heterocycles. The number of anilines is 4. The molecule has 124 heavy (non-hydrogen) atoms. The highest BCUT2D eigenvalue weighted by Crippen LogP contribution is 2.60. The first-order chi connectivity index (χ1) is 58.1. The molecular formula is C84H101Cl10F2N7O21. The van der Waals surface area contributed by atoms with E-state index in [1.54, 1.807) is 54.6 Å². The molecule has 6 aromatic carbocycles. The van der Waals surface area contributed by atoms with Gasteiger partial charge in [-0.2, -0.15) is 0 Å². The number of amides is 4. The number of carbonyl (C=O) groups excluding carboxylic acids is 9. The fraction of sp³-hybridized carbons (Fsp3) is 0.452. The van der Waals surface area contributed by atoms with E-state index in [-0.39, 0.29) is 77.2 Å². The number of esters is 1. The number of benzene rings is 6. The molecule has 7 N–H and O–H groups in total. The number of fused-ring (bicyclic) bond motifs is 4. The molecule has 10 rings (SSSR count). The first-order valence-corrected chi connectivity index (χ1v) is 42.3. The highest BCUT2D eigenvalue weighted by Gasteiger charge is 2.68. The van der Waals surface area contributed by atoms with Crippen LogP contribution >= 0.6 is 116 Å². The number of rotatable bonds is 20. The molecule has 0 radical (unpaired) electrons. The minimum atomic E-state index is -1.44. The summed E-state index contributed by atoms with van der Waals surface area (Å²) in [6.07, 6.45) is -2.89. The van der Waals surface area contributed by atoms with Gasteiger partial charge in [-0.05, 0) is 159 Å². The Hall–Kier alpha value is -8.34. The predicted molar refractivity (Wildman–Crippen MR) is 475 cm³/mol. The molecule has 12 atom stereocenters. The van der Waals surface area contributed by atoms with E-state index in [1.165, 1.54) is 130 Å². The first kappa shape index (κ1) is 108. The summed E-state index contributed by atoms with van der Waals surface area (Å²) < 4.78 is 78.1. The summed E-state index contributed by atoms with van der Waals surface area (Å²) in [6.45, 7) is 28.1. The second-order valence-corrected chi connectivity index (χ2v) is 34.3. The topological polar surface area (TPSA) is 359 Å². The smallest absolute Gasteiger partial charge is 0.495 e. The van der Waals surface area contributed by atoms with Crippen LogP contribution in [-0.2, 0) is 67.9 Å². The van der Waals surface area contributed by atoms with Crippen LogP contribution in [0.25, 0.3) is 0 Å². The van der Waals surface area contributed by atoms with Crippen molar-refractivity contribution in [2.24, 2.45) is 10.8 Å². The molecule has 2 saturated heterocycles. The average molecular weight is 1940 g/mol. The van der Waals surface area contributed by atoms with Gasteiger partial charge in [0.15, 0.2) is 16.7 Å². The van der Waals surface area contributed by atoms with Crippen LogP contribution in [0.2, 0.25) is 20.1 Å². The van der Waals surface area contributed by atoms with E-state index < -0.39 is 135 Å². The van der Waals surface area contributed by atoms with Gasteiger partial charge in [-0.1, -0.05) is 180 Å². The Morgan fingerprint density at radius 3 is 1.17 bits per heavy atom. The van der Waals surface area contributed by atoms with Crippen LogP contribution in [0.4, 0.5) is 50.7 Å². The van der Waals surface area contributed by atoms with Gasteiger partial charge in [0.2, 0.25) is 29.9 Å². The quantitative estimate of drug-likeness (QED) is 0.0123. The third-order valence-corrected chi connectivity index (χ3v) is 20.4. The van der Waals surface area contributed by atoms with Gasteiger partial charge in [0, 0.05) is 63.9 Å². The molecule has 40 heteroatoms. The molecule has 0 aromatic heterocycles. The molecule has 4 aliphatic rings. The molecule has 4 unspecified atom stereocenters. The second-order valence-electron chi connectivity index (χ2n) is 29.7. The molecular weight excluding hydrogens is 1840 g/mol. The maximum atomic E-state index is 16.1. The summed E-state index contributed by atoms with van der Waals surface area (Å²) in [4.78, 5) is 125. The van der Waals surface area contributed by atoms with E-state index in [0.29, 0.717) is 45.4 Å². The molecule has 2 fully saturated rings. The average Bonchev–Trinajstić information content (AvgIpc) is 1.53. The van der Waals surface area contributed by atoms with Gasteiger partial charge in [0.25, 0.3) is 0 Å². The SMILES string of the molecule is CC(Cl)OC(=O)Cl.CCN(CC)CC.COC(=O)OC(C)Cl.COC(=O)OC(C)Cl.COC(=O)OC(C)OC(=O)c1ccc(NC(=O)[C@@H]2N[C@@H](CC(C)(C)C)[C@@]3(C(=O)Nc4cc(Cl)ccc43)[C@H]2c2cccc(Cl)c2F)c(OC)c1.COc1cc(C(=O)O)ccc1NC(=O)[C@@H]1N[C@@H](CC(C)(C)C)[C@@]2(C(=O)Nc3cc(Cl)ccc32)[C@H]1c1cccc(Cl)c1F.ClCCl. The van der Waals surface area contributed by atoms with Gasteiger partial charge in [-0.15, -0.1) is 23.2 Å². The fourth-order valence-corrected chi connectivity index (χ4v) is 15.3. The summed E-state index contributed by atoms with van der Waals surface area (Å²) in [6, 6.07) is 23.9. The number of nitrogens with one attached hydrogen (secondary N) is 6. The summed E-state index contributed by atoms with van der Waals surface area (Å²) in [5.74, 6) is -7.27.